The maximum atomic E-state index is 12.4. The molecule has 0 unspecified atom stereocenters. The zero-order valence-electron chi connectivity index (χ0n) is 14.5. The van der Waals surface area contributed by atoms with Gasteiger partial charge in [0.25, 0.3) is 0 Å². The Morgan fingerprint density at radius 2 is 1.92 bits per heavy atom. The Balaban J connectivity index is 2.21. The van der Waals surface area contributed by atoms with E-state index in [0.717, 1.165) is 11.1 Å². The molecule has 1 N–H and O–H groups in total. The van der Waals surface area contributed by atoms with Gasteiger partial charge in [0.2, 0.25) is 5.91 Å². The van der Waals surface area contributed by atoms with Crippen LogP contribution in [-0.4, -0.2) is 22.4 Å². The van der Waals surface area contributed by atoms with Crippen LogP contribution < -0.4 is 5.32 Å². The fourth-order valence-corrected chi connectivity index (χ4v) is 2.27. The van der Waals surface area contributed by atoms with Gasteiger partial charge in [-0.2, -0.15) is 5.26 Å². The number of aromatic nitrogens is 2. The summed E-state index contributed by atoms with van der Waals surface area (Å²) in [5.74, 6) is 0.424. The molecule has 0 spiro atoms. The zero-order chi connectivity index (χ0) is 17.7. The van der Waals surface area contributed by atoms with Crippen LogP contribution in [0.1, 0.15) is 39.0 Å². The molecule has 0 radical (unpaired) electrons. The van der Waals surface area contributed by atoms with Crippen molar-refractivity contribution < 1.29 is 4.79 Å². The standard InChI is InChI=1S/C19H22N4O/c1-13(2)10-22-18(24)19(3,4)15-7-5-14(6-8-15)17-12-21-11-16(9-20)23-17/h5-8,11-13H,10H2,1-4H3,(H,22,24). The largest absolute Gasteiger partial charge is 0.355 e. The van der Waals surface area contributed by atoms with E-state index in [2.05, 4.69) is 29.1 Å². The van der Waals surface area contributed by atoms with E-state index < -0.39 is 5.41 Å². The van der Waals surface area contributed by atoms with Crippen LogP contribution in [0.25, 0.3) is 11.3 Å². The monoisotopic (exact) mass is 322 g/mol. The molecule has 1 heterocycles. The van der Waals surface area contributed by atoms with E-state index in [-0.39, 0.29) is 11.6 Å². The molecule has 2 aromatic rings. The summed E-state index contributed by atoms with van der Waals surface area (Å²) in [4.78, 5) is 20.7. The predicted octanol–water partition coefficient (Wildman–Crippen LogP) is 3.07. The van der Waals surface area contributed by atoms with Crippen molar-refractivity contribution >= 4 is 5.91 Å². The van der Waals surface area contributed by atoms with E-state index in [1.54, 1.807) is 6.20 Å². The van der Waals surface area contributed by atoms with E-state index >= 15 is 0 Å². The third kappa shape index (κ3) is 3.96. The number of carbonyl (C=O) groups excluding carboxylic acids is 1. The molecule has 0 fully saturated rings. The van der Waals surface area contributed by atoms with Gasteiger partial charge in [0.1, 0.15) is 6.07 Å². The van der Waals surface area contributed by atoms with Gasteiger partial charge in [0, 0.05) is 12.1 Å². The number of nitriles is 1. The first-order chi connectivity index (χ1) is 11.3. The number of hydrogen-bond acceptors (Lipinski definition) is 4. The highest BCUT2D eigenvalue weighted by atomic mass is 16.2. The van der Waals surface area contributed by atoms with E-state index in [1.165, 1.54) is 6.20 Å². The summed E-state index contributed by atoms with van der Waals surface area (Å²) in [6.45, 7) is 8.62. The van der Waals surface area contributed by atoms with Crippen LogP contribution in [0.2, 0.25) is 0 Å². The maximum absolute atomic E-state index is 12.4. The quantitative estimate of drug-likeness (QED) is 0.917. The Hall–Kier alpha value is -2.74. The summed E-state index contributed by atoms with van der Waals surface area (Å²) < 4.78 is 0. The molecular formula is C19H22N4O. The van der Waals surface area contributed by atoms with Gasteiger partial charge >= 0.3 is 0 Å². The molecule has 0 aliphatic rings. The van der Waals surface area contributed by atoms with E-state index in [9.17, 15) is 4.79 Å². The third-order valence-electron chi connectivity index (χ3n) is 3.89. The van der Waals surface area contributed by atoms with Crippen molar-refractivity contribution in [3.8, 4) is 17.3 Å². The van der Waals surface area contributed by atoms with Crippen LogP contribution in [0.4, 0.5) is 0 Å². The summed E-state index contributed by atoms with van der Waals surface area (Å²) in [5.41, 5.74) is 2.10. The van der Waals surface area contributed by atoms with Crippen molar-refractivity contribution in [3.63, 3.8) is 0 Å². The van der Waals surface area contributed by atoms with E-state index in [1.807, 2.05) is 44.2 Å². The molecule has 5 nitrogen and oxygen atoms in total. The van der Waals surface area contributed by atoms with Gasteiger partial charge in [0.05, 0.1) is 23.5 Å². The molecule has 0 saturated heterocycles. The fraction of sp³-hybridized carbons (Fsp3) is 0.368. The van der Waals surface area contributed by atoms with Crippen molar-refractivity contribution in [2.24, 2.45) is 5.92 Å². The summed E-state index contributed by atoms with van der Waals surface area (Å²) in [6, 6.07) is 9.63. The average molecular weight is 322 g/mol. The van der Waals surface area contributed by atoms with E-state index in [4.69, 9.17) is 5.26 Å². The fourth-order valence-electron chi connectivity index (χ4n) is 2.27. The SMILES string of the molecule is CC(C)CNC(=O)C(C)(C)c1ccc(-c2cncc(C#N)n2)cc1. The smallest absolute Gasteiger partial charge is 0.230 e. The third-order valence-corrected chi connectivity index (χ3v) is 3.89. The first-order valence-corrected chi connectivity index (χ1v) is 7.96. The first-order valence-electron chi connectivity index (χ1n) is 7.96. The molecule has 0 aliphatic heterocycles. The molecule has 0 saturated carbocycles. The lowest BCUT2D eigenvalue weighted by molar-refractivity contribution is -0.125. The van der Waals surface area contributed by atoms with E-state index in [0.29, 0.717) is 18.2 Å². The molecule has 0 bridgehead atoms. The van der Waals surface area contributed by atoms with Gasteiger partial charge in [0.15, 0.2) is 5.69 Å². The molecule has 2 rings (SSSR count). The molecular weight excluding hydrogens is 300 g/mol. The van der Waals surface area contributed by atoms with Gasteiger partial charge in [-0.25, -0.2) is 4.98 Å². The van der Waals surface area contributed by atoms with Gasteiger partial charge in [-0.3, -0.25) is 9.78 Å². The number of benzene rings is 1. The van der Waals surface area contributed by atoms with Gasteiger partial charge in [-0.05, 0) is 25.3 Å². The van der Waals surface area contributed by atoms with Gasteiger partial charge in [-0.1, -0.05) is 38.1 Å². The lowest BCUT2D eigenvalue weighted by Crippen LogP contribution is -2.41. The Morgan fingerprint density at radius 3 is 2.50 bits per heavy atom. The van der Waals surface area contributed by atoms with Crippen molar-refractivity contribution in [1.82, 2.24) is 15.3 Å². The Kier molecular flexibility index (Phi) is 5.30. The molecule has 1 amide bonds. The topological polar surface area (TPSA) is 78.7 Å². The molecule has 0 aliphatic carbocycles. The maximum Gasteiger partial charge on any atom is 0.230 e. The van der Waals surface area contributed by atoms with Crippen LogP contribution in [-0.2, 0) is 10.2 Å². The molecule has 5 heteroatoms. The van der Waals surface area contributed by atoms with Crippen molar-refractivity contribution in [3.05, 3.63) is 47.9 Å². The molecule has 1 aromatic heterocycles. The van der Waals surface area contributed by atoms with Gasteiger partial charge < -0.3 is 5.32 Å². The Morgan fingerprint density at radius 1 is 1.25 bits per heavy atom. The first kappa shape index (κ1) is 17.6. The average Bonchev–Trinajstić information content (AvgIpc) is 2.59. The number of hydrogen-bond donors (Lipinski definition) is 1. The minimum absolute atomic E-state index is 0.00946. The summed E-state index contributed by atoms with van der Waals surface area (Å²) in [6.07, 6.45) is 3.05. The highest BCUT2D eigenvalue weighted by Gasteiger charge is 2.29. The highest BCUT2D eigenvalue weighted by Crippen LogP contribution is 2.26. The molecule has 124 valence electrons. The number of nitrogens with one attached hydrogen (secondary N) is 1. The Bertz CT molecular complexity index is 758. The summed E-state index contributed by atoms with van der Waals surface area (Å²) in [7, 11) is 0. The van der Waals surface area contributed by atoms with Crippen LogP contribution in [0, 0.1) is 17.2 Å². The second-order valence-corrected chi connectivity index (χ2v) is 6.71. The molecule has 24 heavy (non-hydrogen) atoms. The van der Waals surface area contributed by atoms with Crippen LogP contribution >= 0.6 is 0 Å². The lowest BCUT2D eigenvalue weighted by atomic mass is 9.83. The zero-order valence-corrected chi connectivity index (χ0v) is 14.5. The molecule has 0 atom stereocenters. The number of nitrogens with zero attached hydrogens (tertiary/aromatic N) is 3. The Labute approximate surface area is 142 Å². The predicted molar refractivity (Wildman–Crippen MR) is 93.1 cm³/mol. The number of amides is 1. The number of carbonyl (C=O) groups is 1. The van der Waals surface area contributed by atoms with Crippen LogP contribution in [0.5, 0.6) is 0 Å². The van der Waals surface area contributed by atoms with Crippen LogP contribution in [0.15, 0.2) is 36.7 Å². The van der Waals surface area contributed by atoms with Crippen molar-refractivity contribution in [2.75, 3.05) is 6.54 Å². The summed E-state index contributed by atoms with van der Waals surface area (Å²) >= 11 is 0. The minimum Gasteiger partial charge on any atom is -0.355 e. The lowest BCUT2D eigenvalue weighted by Gasteiger charge is -2.25. The molecule has 1 aromatic carbocycles. The highest BCUT2D eigenvalue weighted by molar-refractivity contribution is 5.87. The normalized spacial score (nSPS) is 11.2. The summed E-state index contributed by atoms with van der Waals surface area (Å²) in [5, 5.41) is 11.9. The van der Waals surface area contributed by atoms with Crippen LogP contribution in [0.3, 0.4) is 0 Å². The second kappa shape index (κ2) is 7.22. The van der Waals surface area contributed by atoms with Crippen molar-refractivity contribution in [2.45, 2.75) is 33.1 Å². The van der Waals surface area contributed by atoms with Crippen molar-refractivity contribution in [1.29, 1.82) is 5.26 Å². The minimum atomic E-state index is -0.617. The number of rotatable bonds is 5. The second-order valence-electron chi connectivity index (χ2n) is 6.71. The van der Waals surface area contributed by atoms with Gasteiger partial charge in [-0.15, -0.1) is 0 Å².